The highest BCUT2D eigenvalue weighted by Crippen LogP contribution is 2.41. The Kier molecular flexibility index (Phi) is 11.2. The summed E-state index contributed by atoms with van der Waals surface area (Å²) in [5.41, 5.74) is -3.33. The van der Waals surface area contributed by atoms with E-state index in [1.54, 1.807) is 13.8 Å². The Labute approximate surface area is 199 Å². The van der Waals surface area contributed by atoms with E-state index in [1.165, 1.54) is 13.8 Å². The molecule has 9 heteroatoms. The molecule has 0 fully saturated rings. The standard InChI is InChI=1S/C23H33F5O4.C2H6/c1-20(2,12-23(7,8)31-10-9-22(5,6)30)11-21(3,4)19(29)32-18-16(27)14(25)13(24)15(26)17(18)28;1-2/h30H,9-12H2,1-8H3;1-2H3. The number of hydrogen-bond donors (Lipinski definition) is 1. The van der Waals surface area contributed by atoms with Crippen LogP contribution in [-0.2, 0) is 9.53 Å². The van der Waals surface area contributed by atoms with Crippen LogP contribution in [0.3, 0.4) is 0 Å². The van der Waals surface area contributed by atoms with Crippen molar-refractivity contribution in [1.29, 1.82) is 0 Å². The van der Waals surface area contributed by atoms with Gasteiger partial charge in [-0.2, -0.15) is 8.78 Å². The van der Waals surface area contributed by atoms with Gasteiger partial charge in [0.2, 0.25) is 34.8 Å². The first kappa shape index (κ1) is 32.3. The SMILES string of the molecule is CC.CC(C)(O)CCOC(C)(C)CC(C)(C)CC(C)(C)C(=O)Oc1c(F)c(F)c(F)c(F)c1F. The van der Waals surface area contributed by atoms with E-state index in [1.807, 2.05) is 41.5 Å². The fourth-order valence-electron chi connectivity index (χ4n) is 4.02. The molecule has 0 spiro atoms. The van der Waals surface area contributed by atoms with Gasteiger partial charge >= 0.3 is 5.97 Å². The molecule has 34 heavy (non-hydrogen) atoms. The molecular weight excluding hydrogens is 459 g/mol. The van der Waals surface area contributed by atoms with E-state index in [2.05, 4.69) is 4.74 Å². The van der Waals surface area contributed by atoms with E-state index in [-0.39, 0.29) is 6.42 Å². The number of rotatable bonds is 10. The van der Waals surface area contributed by atoms with Crippen LogP contribution in [0.15, 0.2) is 0 Å². The Morgan fingerprint density at radius 3 is 1.59 bits per heavy atom. The Morgan fingerprint density at radius 1 is 0.765 bits per heavy atom. The summed E-state index contributed by atoms with van der Waals surface area (Å²) < 4.78 is 78.3. The first-order chi connectivity index (χ1) is 15.2. The molecule has 1 N–H and O–H groups in total. The predicted octanol–water partition coefficient (Wildman–Crippen LogP) is 7.10. The molecule has 0 aliphatic carbocycles. The lowest BCUT2D eigenvalue weighted by atomic mass is 9.70. The molecule has 1 aromatic rings. The molecule has 0 heterocycles. The highest BCUT2D eigenvalue weighted by Gasteiger charge is 2.40. The molecule has 0 aromatic heterocycles. The highest BCUT2D eigenvalue weighted by molar-refractivity contribution is 5.78. The number of aliphatic hydroxyl groups is 1. The maximum atomic E-state index is 13.9. The third-order valence-corrected chi connectivity index (χ3v) is 4.95. The van der Waals surface area contributed by atoms with E-state index in [9.17, 15) is 31.9 Å². The minimum absolute atomic E-state index is 0.173. The molecule has 0 bridgehead atoms. The Hall–Kier alpha value is -1.74. The molecule has 0 unspecified atom stereocenters. The molecule has 0 radical (unpaired) electrons. The molecule has 0 saturated carbocycles. The normalized spacial score (nSPS) is 12.8. The van der Waals surface area contributed by atoms with Gasteiger partial charge in [-0.1, -0.05) is 27.7 Å². The zero-order chi connectivity index (χ0) is 27.3. The van der Waals surface area contributed by atoms with Crippen molar-refractivity contribution >= 4 is 5.97 Å². The van der Waals surface area contributed by atoms with E-state index in [0.717, 1.165) is 0 Å². The number of ether oxygens (including phenoxy) is 2. The van der Waals surface area contributed by atoms with E-state index < -0.39 is 62.8 Å². The second-order valence-electron chi connectivity index (χ2n) is 10.9. The van der Waals surface area contributed by atoms with Gasteiger partial charge in [0.25, 0.3) is 0 Å². The van der Waals surface area contributed by atoms with Crippen LogP contribution in [0.1, 0.15) is 88.5 Å². The van der Waals surface area contributed by atoms with Crippen molar-refractivity contribution in [3.8, 4) is 5.75 Å². The van der Waals surface area contributed by atoms with Crippen LogP contribution >= 0.6 is 0 Å². The van der Waals surface area contributed by atoms with Crippen molar-refractivity contribution < 1.29 is 41.3 Å². The molecular formula is C25H39F5O4. The van der Waals surface area contributed by atoms with Crippen LogP contribution in [0.2, 0.25) is 0 Å². The smallest absolute Gasteiger partial charge is 0.317 e. The van der Waals surface area contributed by atoms with Gasteiger partial charge in [0.1, 0.15) is 0 Å². The molecule has 0 saturated heterocycles. The average Bonchev–Trinajstić information content (AvgIpc) is 2.66. The van der Waals surface area contributed by atoms with Crippen LogP contribution in [0.4, 0.5) is 22.0 Å². The van der Waals surface area contributed by atoms with Gasteiger partial charge in [0, 0.05) is 0 Å². The largest absolute Gasteiger partial charge is 0.420 e. The summed E-state index contributed by atoms with van der Waals surface area (Å²) in [5, 5.41) is 9.82. The summed E-state index contributed by atoms with van der Waals surface area (Å²) in [6.45, 7) is 18.0. The molecule has 0 aliphatic rings. The number of esters is 1. The Morgan fingerprint density at radius 2 is 1.18 bits per heavy atom. The van der Waals surface area contributed by atoms with Gasteiger partial charge in [-0.25, -0.2) is 13.2 Å². The maximum Gasteiger partial charge on any atom is 0.317 e. The summed E-state index contributed by atoms with van der Waals surface area (Å²) in [6, 6.07) is 0. The van der Waals surface area contributed by atoms with Crippen LogP contribution in [0.5, 0.6) is 5.75 Å². The minimum atomic E-state index is -2.33. The van der Waals surface area contributed by atoms with Crippen LogP contribution in [-0.4, -0.2) is 28.9 Å². The summed E-state index contributed by atoms with van der Waals surface area (Å²) in [7, 11) is 0. The zero-order valence-electron chi connectivity index (χ0n) is 21.9. The van der Waals surface area contributed by atoms with Crippen molar-refractivity contribution in [2.45, 2.75) is 99.7 Å². The number of benzene rings is 1. The van der Waals surface area contributed by atoms with Gasteiger partial charge in [0.05, 0.1) is 23.2 Å². The fourth-order valence-corrected chi connectivity index (χ4v) is 4.02. The highest BCUT2D eigenvalue weighted by atomic mass is 19.2. The van der Waals surface area contributed by atoms with Crippen molar-refractivity contribution in [3.05, 3.63) is 29.1 Å². The third-order valence-electron chi connectivity index (χ3n) is 4.95. The van der Waals surface area contributed by atoms with Gasteiger partial charge in [-0.05, 0) is 66.2 Å². The predicted molar refractivity (Wildman–Crippen MR) is 121 cm³/mol. The molecule has 198 valence electrons. The molecule has 4 nitrogen and oxygen atoms in total. The third kappa shape index (κ3) is 9.49. The fraction of sp³-hybridized carbons (Fsp3) is 0.720. The Bertz CT molecular complexity index is 814. The number of halogens is 5. The topological polar surface area (TPSA) is 55.8 Å². The molecule has 0 aliphatic heterocycles. The van der Waals surface area contributed by atoms with Gasteiger partial charge in [-0.3, -0.25) is 4.79 Å². The van der Waals surface area contributed by atoms with E-state index in [4.69, 9.17) is 4.74 Å². The summed E-state index contributed by atoms with van der Waals surface area (Å²) in [5.74, 6) is -13.9. The average molecular weight is 499 g/mol. The van der Waals surface area contributed by atoms with Crippen molar-refractivity contribution in [1.82, 2.24) is 0 Å². The first-order valence-corrected chi connectivity index (χ1v) is 11.3. The second kappa shape index (κ2) is 11.8. The van der Waals surface area contributed by atoms with E-state index in [0.29, 0.717) is 19.4 Å². The molecule has 0 atom stereocenters. The molecule has 1 rings (SSSR count). The lowest BCUT2D eigenvalue weighted by molar-refractivity contribution is -0.147. The van der Waals surface area contributed by atoms with Gasteiger partial charge < -0.3 is 14.6 Å². The zero-order valence-corrected chi connectivity index (χ0v) is 21.9. The number of hydrogen-bond acceptors (Lipinski definition) is 4. The van der Waals surface area contributed by atoms with Gasteiger partial charge in [-0.15, -0.1) is 0 Å². The summed E-state index contributed by atoms with van der Waals surface area (Å²) >= 11 is 0. The van der Waals surface area contributed by atoms with Crippen molar-refractivity contribution in [2.75, 3.05) is 6.61 Å². The molecule has 1 aromatic carbocycles. The van der Waals surface area contributed by atoms with Crippen molar-refractivity contribution in [2.24, 2.45) is 10.8 Å². The number of carbonyl (C=O) groups excluding carboxylic acids is 1. The lowest BCUT2D eigenvalue weighted by Crippen LogP contribution is -2.39. The quantitative estimate of drug-likeness (QED) is 0.123. The van der Waals surface area contributed by atoms with Crippen molar-refractivity contribution in [3.63, 3.8) is 0 Å². The summed E-state index contributed by atoms with van der Waals surface area (Å²) in [6.07, 6.45) is 1.08. The second-order valence-corrected chi connectivity index (χ2v) is 10.9. The Balaban J connectivity index is 0.00000529. The van der Waals surface area contributed by atoms with Crippen LogP contribution in [0.25, 0.3) is 0 Å². The number of carbonyl (C=O) groups is 1. The lowest BCUT2D eigenvalue weighted by Gasteiger charge is -2.39. The van der Waals surface area contributed by atoms with E-state index >= 15 is 0 Å². The molecule has 0 amide bonds. The van der Waals surface area contributed by atoms with Gasteiger partial charge in [0.15, 0.2) is 0 Å². The first-order valence-electron chi connectivity index (χ1n) is 11.3. The van der Waals surface area contributed by atoms with Crippen LogP contribution < -0.4 is 4.74 Å². The van der Waals surface area contributed by atoms with Crippen LogP contribution in [0, 0.1) is 39.9 Å². The maximum absolute atomic E-state index is 13.9. The summed E-state index contributed by atoms with van der Waals surface area (Å²) in [4.78, 5) is 12.6. The monoisotopic (exact) mass is 498 g/mol. The minimum Gasteiger partial charge on any atom is -0.420 e.